The highest BCUT2D eigenvalue weighted by Gasteiger charge is 2.27. The average molecular weight is 397 g/mol. The highest BCUT2D eigenvalue weighted by atomic mass is 35.5. The Morgan fingerprint density at radius 3 is 2.37 bits per heavy atom. The number of hydrogen-bond acceptors (Lipinski definition) is 2. The largest absolute Gasteiger partial charge is 0.350 e. The number of nitrogens with zero attached hydrogens (tertiary/aromatic N) is 1. The van der Waals surface area contributed by atoms with Crippen molar-refractivity contribution in [2.24, 2.45) is 0 Å². The molecule has 0 unspecified atom stereocenters. The lowest BCUT2D eigenvalue weighted by atomic mass is 10.1. The standard InChI is InChI=1S/C20H31ClN4O2/c1-20(2,3)22-18(26)14-23(4)19(27)15-25-10-8-24(9-11-25)13-16-6-5-7-17(21)12-16/h5-7,12H,8-11,13-15H2,1-4H3,(H,22,26)/p+2. The van der Waals surface area contributed by atoms with Crippen LogP contribution in [0.2, 0.25) is 5.02 Å². The Bertz CT molecular complexity index is 652. The molecule has 0 radical (unpaired) electrons. The van der Waals surface area contributed by atoms with Crippen molar-refractivity contribution in [2.45, 2.75) is 32.9 Å². The van der Waals surface area contributed by atoms with Gasteiger partial charge in [0.25, 0.3) is 5.91 Å². The van der Waals surface area contributed by atoms with Crippen molar-refractivity contribution in [3.05, 3.63) is 34.9 Å². The first kappa shape index (κ1) is 21.7. The fourth-order valence-electron chi connectivity index (χ4n) is 3.36. The molecule has 27 heavy (non-hydrogen) atoms. The summed E-state index contributed by atoms with van der Waals surface area (Å²) in [6.45, 7) is 11.3. The molecule has 7 heteroatoms. The number of benzene rings is 1. The fourth-order valence-corrected chi connectivity index (χ4v) is 3.57. The number of piperazine rings is 1. The molecule has 150 valence electrons. The van der Waals surface area contributed by atoms with Crippen LogP contribution in [0, 0.1) is 0 Å². The van der Waals surface area contributed by atoms with Crippen LogP contribution in [-0.2, 0) is 16.1 Å². The average Bonchev–Trinajstić information content (AvgIpc) is 2.54. The summed E-state index contributed by atoms with van der Waals surface area (Å²) >= 11 is 6.06. The van der Waals surface area contributed by atoms with E-state index in [0.717, 1.165) is 37.7 Å². The zero-order valence-corrected chi connectivity index (χ0v) is 17.7. The van der Waals surface area contributed by atoms with Crippen molar-refractivity contribution >= 4 is 23.4 Å². The predicted octanol–water partition coefficient (Wildman–Crippen LogP) is -1.00. The van der Waals surface area contributed by atoms with Crippen LogP contribution in [0.15, 0.2) is 24.3 Å². The lowest BCUT2D eigenvalue weighted by Crippen LogP contribution is -3.28. The minimum Gasteiger partial charge on any atom is -0.350 e. The second-order valence-electron chi connectivity index (χ2n) is 8.53. The van der Waals surface area contributed by atoms with E-state index in [1.165, 1.54) is 20.3 Å². The Balaban J connectivity index is 1.73. The summed E-state index contributed by atoms with van der Waals surface area (Å²) in [7, 11) is 1.70. The second-order valence-corrected chi connectivity index (χ2v) is 8.97. The molecule has 0 bridgehead atoms. The number of rotatable bonds is 6. The number of halogens is 1. The first-order valence-electron chi connectivity index (χ1n) is 9.59. The molecule has 1 saturated heterocycles. The quantitative estimate of drug-likeness (QED) is 0.577. The van der Waals surface area contributed by atoms with Crippen LogP contribution in [0.5, 0.6) is 0 Å². The SMILES string of the molecule is CN(CC(=O)NC(C)(C)C)C(=O)C[NH+]1CC[NH+](Cc2cccc(Cl)c2)CC1. The van der Waals surface area contributed by atoms with Crippen molar-refractivity contribution in [3.8, 4) is 0 Å². The first-order chi connectivity index (χ1) is 12.6. The minimum atomic E-state index is -0.283. The van der Waals surface area contributed by atoms with Crippen molar-refractivity contribution in [1.29, 1.82) is 0 Å². The van der Waals surface area contributed by atoms with Gasteiger partial charge in [-0.05, 0) is 32.9 Å². The molecule has 2 rings (SSSR count). The van der Waals surface area contributed by atoms with E-state index in [1.807, 2.05) is 39.0 Å². The molecule has 0 aromatic heterocycles. The van der Waals surface area contributed by atoms with E-state index in [1.54, 1.807) is 7.05 Å². The van der Waals surface area contributed by atoms with Gasteiger partial charge in [0.1, 0.15) is 32.7 Å². The van der Waals surface area contributed by atoms with E-state index in [-0.39, 0.29) is 23.9 Å². The molecule has 6 nitrogen and oxygen atoms in total. The number of quaternary nitrogens is 2. The van der Waals surface area contributed by atoms with Gasteiger partial charge in [-0.15, -0.1) is 0 Å². The Labute approximate surface area is 167 Å². The van der Waals surface area contributed by atoms with Crippen LogP contribution in [0.25, 0.3) is 0 Å². The van der Waals surface area contributed by atoms with Gasteiger partial charge in [-0.25, -0.2) is 0 Å². The molecule has 1 aromatic rings. The summed E-state index contributed by atoms with van der Waals surface area (Å²) < 4.78 is 0. The highest BCUT2D eigenvalue weighted by Crippen LogP contribution is 2.09. The van der Waals surface area contributed by atoms with Gasteiger partial charge in [0.2, 0.25) is 5.91 Å². The molecule has 0 atom stereocenters. The van der Waals surface area contributed by atoms with Crippen LogP contribution < -0.4 is 15.1 Å². The summed E-state index contributed by atoms with van der Waals surface area (Å²) in [5.74, 6) is -0.100. The molecule has 0 spiro atoms. The zero-order valence-electron chi connectivity index (χ0n) is 16.9. The van der Waals surface area contributed by atoms with Crippen LogP contribution in [-0.4, -0.2) is 68.6 Å². The van der Waals surface area contributed by atoms with Crippen LogP contribution in [0.4, 0.5) is 0 Å². The number of hydrogen-bond donors (Lipinski definition) is 3. The molecule has 3 N–H and O–H groups in total. The van der Waals surface area contributed by atoms with E-state index in [0.29, 0.717) is 6.54 Å². The molecule has 1 aliphatic rings. The van der Waals surface area contributed by atoms with E-state index in [9.17, 15) is 9.59 Å². The maximum Gasteiger partial charge on any atom is 0.277 e. The Morgan fingerprint density at radius 2 is 1.78 bits per heavy atom. The minimum absolute atomic E-state index is 0.0207. The van der Waals surface area contributed by atoms with Gasteiger partial charge in [-0.1, -0.05) is 23.7 Å². The maximum atomic E-state index is 12.4. The highest BCUT2D eigenvalue weighted by molar-refractivity contribution is 6.30. The van der Waals surface area contributed by atoms with Crippen molar-refractivity contribution in [3.63, 3.8) is 0 Å². The smallest absolute Gasteiger partial charge is 0.277 e. The van der Waals surface area contributed by atoms with Gasteiger partial charge in [-0.3, -0.25) is 9.59 Å². The van der Waals surface area contributed by atoms with Crippen molar-refractivity contribution in [1.82, 2.24) is 10.2 Å². The summed E-state index contributed by atoms with van der Waals surface area (Å²) in [5, 5.41) is 3.67. The van der Waals surface area contributed by atoms with Gasteiger partial charge in [0, 0.05) is 23.2 Å². The molecule has 1 aromatic carbocycles. The second kappa shape index (κ2) is 9.53. The van der Waals surface area contributed by atoms with Crippen LogP contribution >= 0.6 is 11.6 Å². The molecular weight excluding hydrogens is 364 g/mol. The summed E-state index contributed by atoms with van der Waals surface area (Å²) in [5.41, 5.74) is 0.968. The summed E-state index contributed by atoms with van der Waals surface area (Å²) in [6, 6.07) is 8.02. The molecule has 0 aliphatic carbocycles. The third-order valence-corrected chi connectivity index (χ3v) is 4.96. The molecular formula is C20H33ClN4O2+2. The maximum absolute atomic E-state index is 12.4. The van der Waals surface area contributed by atoms with Gasteiger partial charge >= 0.3 is 0 Å². The van der Waals surface area contributed by atoms with Crippen LogP contribution in [0.3, 0.4) is 0 Å². The van der Waals surface area contributed by atoms with E-state index in [2.05, 4.69) is 11.4 Å². The Hall–Kier alpha value is -1.63. The Kier molecular flexibility index (Phi) is 7.65. The number of carbonyl (C=O) groups excluding carboxylic acids is 2. The van der Waals surface area contributed by atoms with Gasteiger partial charge in [0.05, 0.1) is 6.54 Å². The van der Waals surface area contributed by atoms with Gasteiger partial charge in [0.15, 0.2) is 6.54 Å². The monoisotopic (exact) mass is 396 g/mol. The number of carbonyl (C=O) groups is 2. The number of amides is 2. The lowest BCUT2D eigenvalue weighted by Gasteiger charge is -2.30. The third-order valence-electron chi connectivity index (χ3n) is 4.73. The van der Waals surface area contributed by atoms with E-state index < -0.39 is 0 Å². The molecule has 1 aliphatic heterocycles. The first-order valence-corrected chi connectivity index (χ1v) is 9.97. The molecule has 1 heterocycles. The molecule has 0 saturated carbocycles. The molecule has 2 amide bonds. The number of nitrogens with one attached hydrogen (secondary N) is 3. The normalized spacial score (nSPS) is 20.2. The topological polar surface area (TPSA) is 58.3 Å². The van der Waals surface area contributed by atoms with Gasteiger partial charge < -0.3 is 20.0 Å². The summed E-state index contributed by atoms with van der Waals surface area (Å²) in [6.07, 6.45) is 0. The molecule has 1 fully saturated rings. The van der Waals surface area contributed by atoms with Crippen molar-refractivity contribution in [2.75, 3.05) is 46.3 Å². The Morgan fingerprint density at radius 1 is 1.15 bits per heavy atom. The lowest BCUT2D eigenvalue weighted by molar-refractivity contribution is -1.02. The predicted molar refractivity (Wildman–Crippen MR) is 107 cm³/mol. The zero-order chi connectivity index (χ0) is 20.0. The summed E-state index contributed by atoms with van der Waals surface area (Å²) in [4.78, 5) is 28.7. The van der Waals surface area contributed by atoms with E-state index in [4.69, 9.17) is 11.6 Å². The van der Waals surface area contributed by atoms with Crippen molar-refractivity contribution < 1.29 is 19.4 Å². The third kappa shape index (κ3) is 7.87. The number of likely N-dealkylation sites (N-methyl/N-ethyl adjacent to an activating group) is 1. The van der Waals surface area contributed by atoms with Gasteiger partial charge in [-0.2, -0.15) is 0 Å². The fraction of sp³-hybridized carbons (Fsp3) is 0.600. The van der Waals surface area contributed by atoms with E-state index >= 15 is 0 Å². The van der Waals surface area contributed by atoms with Crippen LogP contribution in [0.1, 0.15) is 26.3 Å².